The van der Waals surface area contributed by atoms with Crippen LogP contribution >= 0.6 is 42.5 Å². The quantitative estimate of drug-likeness (QED) is 0.0989. The first-order valence-electron chi connectivity index (χ1n) is 26.0. The van der Waals surface area contributed by atoms with E-state index in [4.69, 9.17) is 71.3 Å². The molecule has 5 bridgehead atoms. The summed E-state index contributed by atoms with van der Waals surface area (Å²) >= 11 is 11.2. The molecule has 0 radical (unpaired) electrons. The highest BCUT2D eigenvalue weighted by atomic mass is 32.1. The third-order valence-corrected chi connectivity index (χ3v) is 19.3. The number of benzene rings is 4. The topological polar surface area (TPSA) is 133 Å². The van der Waals surface area contributed by atoms with Crippen LogP contribution in [0.1, 0.15) is 178 Å². The van der Waals surface area contributed by atoms with Crippen molar-refractivity contribution in [2.45, 2.75) is 205 Å². The van der Waals surface area contributed by atoms with Crippen molar-refractivity contribution in [3.05, 3.63) is 127 Å². The molecule has 16 heteroatoms. The summed E-state index contributed by atoms with van der Waals surface area (Å²) in [6.07, 6.45) is 0. The summed E-state index contributed by atoms with van der Waals surface area (Å²) in [6.45, 7) is 40.7. The van der Waals surface area contributed by atoms with E-state index in [1.165, 1.54) is 0 Å². The van der Waals surface area contributed by atoms with Gasteiger partial charge in [-0.3, -0.25) is 36.6 Å². The lowest BCUT2D eigenvalue weighted by molar-refractivity contribution is -0.736. The number of rotatable bonds is 8. The fraction of sp³-hybridized carbons (Fsp3) is 0.593. The zero-order chi connectivity index (χ0) is 55.3. The van der Waals surface area contributed by atoms with Gasteiger partial charge in [0.1, 0.15) is 0 Å². The van der Waals surface area contributed by atoms with Gasteiger partial charge >= 0.3 is 35.1 Å². The maximum Gasteiger partial charge on any atom is 0.346 e. The summed E-state index contributed by atoms with van der Waals surface area (Å²) in [7, 11) is -4.70. The Balaban J connectivity index is 1.60. The zero-order valence-electron chi connectivity index (χ0n) is 47.5. The highest BCUT2D eigenvalue weighted by Gasteiger charge is 3.05. The van der Waals surface area contributed by atoms with Gasteiger partial charge in [-0.2, -0.15) is 0 Å². The van der Waals surface area contributed by atoms with Crippen molar-refractivity contribution in [2.24, 2.45) is 16.2 Å². The lowest BCUT2D eigenvalue weighted by atomic mass is 9.50. The van der Waals surface area contributed by atoms with Crippen molar-refractivity contribution in [3.8, 4) is 0 Å². The minimum absolute atomic E-state index is 0.462. The van der Waals surface area contributed by atoms with Gasteiger partial charge in [-0.1, -0.05) is 157 Å². The SMILES string of the molecule is Cc1ccc(C23OP4OC5(O4)OC4(C(C)(C)CO)OP6OC(O6)(O4)C52C(c2ccc(C)cc2C(C)(C)C)(c2c(S)cc(C)cc2C(C)(C)C)OC(c2c(S)cc(C)cc2C(C)(C)C)(C(C)(C)CO)O3)c(C(C)(C)C)c1. The second-order valence-corrected chi connectivity index (χ2v) is 30.3. The molecule has 0 aromatic heterocycles. The number of hydrogen-bond donors (Lipinski definition) is 4. The van der Waals surface area contributed by atoms with Crippen molar-refractivity contribution < 1.29 is 56.3 Å². The van der Waals surface area contributed by atoms with E-state index in [9.17, 15) is 10.2 Å². The van der Waals surface area contributed by atoms with Crippen LogP contribution in [0.25, 0.3) is 0 Å². The summed E-state index contributed by atoms with van der Waals surface area (Å²) in [6, 6.07) is 21.0. The Morgan fingerprint density at radius 3 is 1.29 bits per heavy atom. The number of thiol groups is 2. The fourth-order valence-corrected chi connectivity index (χ4v) is 16.0. The molecular formula is C59H78O12P2S2. The second kappa shape index (κ2) is 17.0. The average Bonchev–Trinajstić information content (AvgIpc) is 3.25. The van der Waals surface area contributed by atoms with E-state index in [1.54, 1.807) is 13.8 Å². The lowest BCUT2D eigenvalue weighted by Crippen LogP contribution is -2.95. The maximum atomic E-state index is 12.5. The molecular weight excluding hydrogens is 1030 g/mol. The highest BCUT2D eigenvalue weighted by molar-refractivity contribution is 7.80. The van der Waals surface area contributed by atoms with Gasteiger partial charge in [0.05, 0.1) is 18.6 Å². The van der Waals surface area contributed by atoms with Crippen molar-refractivity contribution in [2.75, 3.05) is 13.2 Å². The van der Waals surface area contributed by atoms with Crippen molar-refractivity contribution in [3.63, 3.8) is 0 Å². The van der Waals surface area contributed by atoms with E-state index in [0.717, 1.165) is 44.5 Å². The zero-order valence-corrected chi connectivity index (χ0v) is 51.0. The van der Waals surface area contributed by atoms with Crippen LogP contribution in [0.3, 0.4) is 0 Å². The van der Waals surface area contributed by atoms with Crippen LogP contribution in [0.2, 0.25) is 0 Å². The molecule has 408 valence electrons. The Labute approximate surface area is 458 Å². The molecule has 8 heterocycles. The Morgan fingerprint density at radius 1 is 0.440 bits per heavy atom. The van der Waals surface area contributed by atoms with E-state index in [0.29, 0.717) is 32.0 Å². The monoisotopic (exact) mass is 1100 g/mol. The van der Waals surface area contributed by atoms with E-state index in [1.807, 2.05) is 45.0 Å². The minimum Gasteiger partial charge on any atom is -0.396 e. The molecule has 5 atom stereocenters. The van der Waals surface area contributed by atoms with E-state index in [2.05, 4.69) is 140 Å². The maximum absolute atomic E-state index is 12.5. The number of aliphatic hydroxyl groups excluding tert-OH is 2. The molecule has 4 aromatic rings. The van der Waals surface area contributed by atoms with Crippen molar-refractivity contribution in [1.29, 1.82) is 0 Å². The second-order valence-electron chi connectivity index (χ2n) is 27.3. The standard InChI is InChI=1S/C59H78O12P2S2/c1-33-21-23-37(39(25-33)47(5,6)7)53(45-41(49(11,12)13)27-35(3)29-43(45)74)56-54(38-24-22-34(2)26-40(38)48(8,9)10,63-55(62-53,51(17,18)31-60)46-42(50(14,15)16)28-36(4)30-44(46)75)66-72-68-58(56,69-72)64-57(52(19,20)32-61)65-59(56)70-73(67-57)71-59/h21-30,60-61,74-75H,31-32H2,1-20H3. The van der Waals surface area contributed by atoms with Crippen LogP contribution in [0.5, 0.6) is 0 Å². The van der Waals surface area contributed by atoms with Gasteiger partial charge in [-0.25, -0.2) is 0 Å². The van der Waals surface area contributed by atoms with Gasteiger partial charge in [0, 0.05) is 31.9 Å². The van der Waals surface area contributed by atoms with Gasteiger partial charge < -0.3 is 19.7 Å². The summed E-state index contributed by atoms with van der Waals surface area (Å²) in [5.74, 6) is -11.3. The number of ether oxygens (including phenoxy) is 4. The van der Waals surface area contributed by atoms with Crippen molar-refractivity contribution in [1.82, 2.24) is 0 Å². The van der Waals surface area contributed by atoms with Crippen LogP contribution in [0, 0.1) is 43.9 Å². The third-order valence-electron chi connectivity index (χ3n) is 16.3. The number of aliphatic hydroxyl groups is 2. The Morgan fingerprint density at radius 2 is 0.840 bits per heavy atom. The molecule has 0 saturated carbocycles. The Bertz CT molecular complexity index is 3000. The molecule has 2 N–H and O–H groups in total. The largest absolute Gasteiger partial charge is 0.396 e. The Hall–Kier alpha value is -2.04. The predicted octanol–water partition coefficient (Wildman–Crippen LogP) is 14.3. The van der Waals surface area contributed by atoms with Crippen LogP contribution < -0.4 is 0 Å². The summed E-state index contributed by atoms with van der Waals surface area (Å²) < 4.78 is 76.6. The Kier molecular flexibility index (Phi) is 12.8. The molecule has 12 rings (SSSR count). The molecule has 3 spiro atoms. The van der Waals surface area contributed by atoms with Gasteiger partial charge in [0.15, 0.2) is 5.60 Å². The smallest absolute Gasteiger partial charge is 0.346 e. The van der Waals surface area contributed by atoms with E-state index >= 15 is 0 Å². The molecule has 8 aliphatic heterocycles. The summed E-state index contributed by atoms with van der Waals surface area (Å²) in [4.78, 5) is 1.09. The lowest BCUT2D eigenvalue weighted by Gasteiger charge is -2.82. The fourth-order valence-electron chi connectivity index (χ4n) is 12.4. The third kappa shape index (κ3) is 7.41. The van der Waals surface area contributed by atoms with Crippen LogP contribution in [-0.2, 0) is 84.9 Å². The van der Waals surface area contributed by atoms with Gasteiger partial charge in [0.2, 0.25) is 17.0 Å². The molecule has 8 aliphatic rings. The summed E-state index contributed by atoms with van der Waals surface area (Å²) in [5.41, 5.74) is -0.225. The number of aryl methyl sites for hydroxylation is 4. The molecule has 0 aliphatic carbocycles. The first-order valence-corrected chi connectivity index (χ1v) is 29.1. The molecule has 5 unspecified atom stereocenters. The van der Waals surface area contributed by atoms with E-state index < -0.39 is 103 Å². The minimum atomic E-state index is -2.41. The number of hydrogen-bond acceptors (Lipinski definition) is 14. The van der Waals surface area contributed by atoms with Gasteiger partial charge in [0.25, 0.3) is 0 Å². The van der Waals surface area contributed by atoms with Gasteiger partial charge in [-0.15, -0.1) is 25.3 Å². The molecule has 8 fully saturated rings. The predicted molar refractivity (Wildman–Crippen MR) is 295 cm³/mol. The molecule has 8 saturated heterocycles. The molecule has 12 nitrogen and oxygen atoms in total. The normalized spacial score (nSPS) is 33.5. The molecule has 0 amide bonds. The van der Waals surface area contributed by atoms with Crippen LogP contribution in [0.15, 0.2) is 70.5 Å². The average molecular weight is 1110 g/mol. The van der Waals surface area contributed by atoms with Crippen molar-refractivity contribution >= 4 is 42.5 Å². The highest BCUT2D eigenvalue weighted by Crippen LogP contribution is 2.94. The van der Waals surface area contributed by atoms with E-state index in [-0.39, 0.29) is 0 Å². The summed E-state index contributed by atoms with van der Waals surface area (Å²) in [5, 5.41) is 23.9. The first kappa shape index (κ1) is 56.2. The van der Waals surface area contributed by atoms with Gasteiger partial charge in [-0.05, 0) is 114 Å². The first-order chi connectivity index (χ1) is 34.3. The molecule has 4 aromatic carbocycles. The van der Waals surface area contributed by atoms with Crippen LogP contribution in [-0.4, -0.2) is 41.3 Å². The van der Waals surface area contributed by atoms with Crippen LogP contribution in [0.4, 0.5) is 0 Å². The molecule has 75 heavy (non-hydrogen) atoms.